The van der Waals surface area contributed by atoms with Gasteiger partial charge in [0.25, 0.3) is 0 Å². The van der Waals surface area contributed by atoms with E-state index >= 15 is 0 Å². The second-order valence-electron chi connectivity index (χ2n) is 3.32. The molecule has 2 N–H and O–H groups in total. The van der Waals surface area contributed by atoms with Crippen molar-refractivity contribution in [3.8, 4) is 0 Å². The summed E-state index contributed by atoms with van der Waals surface area (Å²) in [6, 6.07) is 0. The zero-order chi connectivity index (χ0) is 10.1. The number of hydrogen-bond donors (Lipinski definition) is 1. The normalized spacial score (nSPS) is 20.0. The molecular weight excluding hydrogens is 174 g/mol. The largest absolute Gasteiger partial charge is 0.326 e. The van der Waals surface area contributed by atoms with E-state index in [0.29, 0.717) is 6.54 Å². The van der Waals surface area contributed by atoms with Gasteiger partial charge in [-0.15, -0.1) is 0 Å². The van der Waals surface area contributed by atoms with E-state index in [0.717, 1.165) is 22.7 Å². The summed E-state index contributed by atoms with van der Waals surface area (Å²) < 4.78 is 0. The van der Waals surface area contributed by atoms with Crippen LogP contribution in [0.1, 0.15) is 6.92 Å². The van der Waals surface area contributed by atoms with Crippen molar-refractivity contribution in [3.63, 3.8) is 0 Å². The molecule has 2 rings (SSSR count). The number of amidine groups is 1. The molecule has 0 saturated carbocycles. The maximum absolute atomic E-state index is 5.59. The summed E-state index contributed by atoms with van der Waals surface area (Å²) in [6.07, 6.45) is 7.77. The molecule has 0 spiro atoms. The molecule has 14 heavy (non-hydrogen) atoms. The van der Waals surface area contributed by atoms with E-state index in [1.165, 1.54) is 0 Å². The Labute approximate surface area is 83.6 Å². The fraction of sp³-hybridized carbons (Fsp3) is 0.182. The molecule has 0 aromatic rings. The van der Waals surface area contributed by atoms with Gasteiger partial charge in [-0.3, -0.25) is 0 Å². The fourth-order valence-corrected chi connectivity index (χ4v) is 1.53. The third-order valence-corrected chi connectivity index (χ3v) is 2.39. The Hall–Kier alpha value is -1.61. The maximum atomic E-state index is 5.59. The summed E-state index contributed by atoms with van der Waals surface area (Å²) in [5.41, 5.74) is 8.62. The van der Waals surface area contributed by atoms with E-state index in [1.807, 2.05) is 30.2 Å². The van der Waals surface area contributed by atoms with Crippen molar-refractivity contribution < 1.29 is 0 Å². The van der Waals surface area contributed by atoms with E-state index in [1.54, 1.807) is 6.20 Å². The van der Waals surface area contributed by atoms with Crippen molar-refractivity contribution in [3.05, 3.63) is 48.0 Å². The lowest BCUT2D eigenvalue weighted by atomic mass is 10.1. The van der Waals surface area contributed by atoms with Gasteiger partial charge in [-0.05, 0) is 18.6 Å². The van der Waals surface area contributed by atoms with Crippen molar-refractivity contribution in [2.45, 2.75) is 6.92 Å². The molecule has 0 amide bonds. The fourth-order valence-electron chi connectivity index (χ4n) is 1.53. The highest BCUT2D eigenvalue weighted by molar-refractivity contribution is 6.02. The Kier molecular flexibility index (Phi) is 2.09. The summed E-state index contributed by atoms with van der Waals surface area (Å²) in [5, 5.41) is 0. The molecule has 3 nitrogen and oxygen atoms in total. The quantitative estimate of drug-likeness (QED) is 0.676. The van der Waals surface area contributed by atoms with Gasteiger partial charge in [-0.2, -0.15) is 0 Å². The molecule has 0 fully saturated rings. The summed E-state index contributed by atoms with van der Waals surface area (Å²) >= 11 is 0. The standard InChI is InChI=1S/C11H13N3/c1-8-4-3-5-14-9(2)10(6-12)7-13-11(8)14/h3-5,7H,2,6,12H2,1H3. The third kappa shape index (κ3) is 1.22. The minimum Gasteiger partial charge on any atom is -0.326 e. The summed E-state index contributed by atoms with van der Waals surface area (Å²) in [5.74, 6) is 0.940. The van der Waals surface area contributed by atoms with Crippen LogP contribution < -0.4 is 5.73 Å². The van der Waals surface area contributed by atoms with Gasteiger partial charge in [0, 0.05) is 30.2 Å². The zero-order valence-electron chi connectivity index (χ0n) is 8.20. The average molecular weight is 187 g/mol. The third-order valence-electron chi connectivity index (χ3n) is 2.39. The number of rotatable bonds is 1. The van der Waals surface area contributed by atoms with Crippen molar-refractivity contribution in [1.29, 1.82) is 0 Å². The summed E-state index contributed by atoms with van der Waals surface area (Å²) in [6.45, 7) is 6.51. The van der Waals surface area contributed by atoms with Crippen LogP contribution in [-0.4, -0.2) is 17.3 Å². The van der Waals surface area contributed by atoms with Gasteiger partial charge in [-0.25, -0.2) is 4.99 Å². The van der Waals surface area contributed by atoms with Crippen molar-refractivity contribution in [2.24, 2.45) is 10.7 Å². The predicted molar refractivity (Wildman–Crippen MR) is 58.4 cm³/mol. The number of aliphatic imine (C=N–C) groups is 1. The monoisotopic (exact) mass is 187 g/mol. The van der Waals surface area contributed by atoms with Crippen molar-refractivity contribution in [1.82, 2.24) is 4.90 Å². The molecule has 2 aliphatic rings. The minimum atomic E-state index is 0.475. The molecule has 2 aliphatic heterocycles. The lowest BCUT2D eigenvalue weighted by molar-refractivity contribution is 0.679. The van der Waals surface area contributed by atoms with Crippen LogP contribution in [-0.2, 0) is 0 Å². The lowest BCUT2D eigenvalue weighted by Gasteiger charge is -2.30. The van der Waals surface area contributed by atoms with Crippen molar-refractivity contribution >= 4 is 5.84 Å². The maximum Gasteiger partial charge on any atom is 0.139 e. The second kappa shape index (κ2) is 3.27. The van der Waals surface area contributed by atoms with Crippen LogP contribution in [0.15, 0.2) is 53.0 Å². The second-order valence-corrected chi connectivity index (χ2v) is 3.32. The Morgan fingerprint density at radius 3 is 3.07 bits per heavy atom. The van der Waals surface area contributed by atoms with E-state index in [2.05, 4.69) is 11.6 Å². The van der Waals surface area contributed by atoms with Crippen LogP contribution in [0.2, 0.25) is 0 Å². The molecule has 0 atom stereocenters. The number of hydrogen-bond acceptors (Lipinski definition) is 3. The first kappa shape index (κ1) is 8.97. The van der Waals surface area contributed by atoms with Gasteiger partial charge < -0.3 is 10.6 Å². The van der Waals surface area contributed by atoms with Crippen LogP contribution in [0, 0.1) is 0 Å². The first-order valence-corrected chi connectivity index (χ1v) is 4.55. The van der Waals surface area contributed by atoms with Gasteiger partial charge in [0.15, 0.2) is 0 Å². The zero-order valence-corrected chi connectivity index (χ0v) is 8.20. The minimum absolute atomic E-state index is 0.475. The summed E-state index contributed by atoms with van der Waals surface area (Å²) in [4.78, 5) is 6.33. The van der Waals surface area contributed by atoms with Gasteiger partial charge in [0.2, 0.25) is 0 Å². The molecule has 0 unspecified atom stereocenters. The van der Waals surface area contributed by atoms with Crippen LogP contribution >= 0.6 is 0 Å². The molecule has 0 aliphatic carbocycles. The highest BCUT2D eigenvalue weighted by atomic mass is 15.2. The van der Waals surface area contributed by atoms with Crippen LogP contribution in [0.25, 0.3) is 0 Å². The van der Waals surface area contributed by atoms with Gasteiger partial charge in [0.1, 0.15) is 5.84 Å². The van der Waals surface area contributed by atoms with E-state index in [9.17, 15) is 0 Å². The number of nitrogens with zero attached hydrogens (tertiary/aromatic N) is 2. The topological polar surface area (TPSA) is 41.6 Å². The SMILES string of the molecule is C=C1C(CN)=CN=C2C(C)=CC=CN12. The summed E-state index contributed by atoms with van der Waals surface area (Å²) in [7, 11) is 0. The number of nitrogens with two attached hydrogens (primary N) is 1. The van der Waals surface area contributed by atoms with Gasteiger partial charge in [-0.1, -0.05) is 12.7 Å². The Balaban J connectivity index is 2.44. The van der Waals surface area contributed by atoms with Crippen LogP contribution in [0.4, 0.5) is 0 Å². The molecule has 0 aromatic carbocycles. The predicted octanol–water partition coefficient (Wildman–Crippen LogP) is 1.53. The molecule has 0 radical (unpaired) electrons. The van der Waals surface area contributed by atoms with Crippen LogP contribution in [0.3, 0.4) is 0 Å². The van der Waals surface area contributed by atoms with E-state index < -0.39 is 0 Å². The Morgan fingerprint density at radius 2 is 2.36 bits per heavy atom. The molecular formula is C11H13N3. The first-order chi connectivity index (χ1) is 6.74. The number of allylic oxidation sites excluding steroid dienone is 2. The highest BCUT2D eigenvalue weighted by Crippen LogP contribution is 2.24. The van der Waals surface area contributed by atoms with E-state index in [4.69, 9.17) is 5.73 Å². The smallest absolute Gasteiger partial charge is 0.139 e. The molecule has 72 valence electrons. The molecule has 0 bridgehead atoms. The Morgan fingerprint density at radius 1 is 1.57 bits per heavy atom. The van der Waals surface area contributed by atoms with Gasteiger partial charge in [0.05, 0.1) is 0 Å². The first-order valence-electron chi connectivity index (χ1n) is 4.55. The molecule has 0 saturated heterocycles. The van der Waals surface area contributed by atoms with Gasteiger partial charge >= 0.3 is 0 Å². The lowest BCUT2D eigenvalue weighted by Crippen LogP contribution is -2.31. The number of fused-ring (bicyclic) bond motifs is 1. The molecule has 0 aromatic heterocycles. The molecule has 3 heteroatoms. The van der Waals surface area contributed by atoms with Crippen LogP contribution in [0.5, 0.6) is 0 Å². The Bertz CT molecular complexity index is 397. The molecule has 2 heterocycles. The average Bonchev–Trinajstić information content (AvgIpc) is 2.20. The van der Waals surface area contributed by atoms with E-state index in [-0.39, 0.29) is 0 Å². The van der Waals surface area contributed by atoms with Crippen molar-refractivity contribution in [2.75, 3.05) is 6.54 Å². The highest BCUT2D eigenvalue weighted by Gasteiger charge is 2.20.